The van der Waals surface area contributed by atoms with E-state index in [1.54, 1.807) is 0 Å². The zero-order valence-electron chi connectivity index (χ0n) is 10.6. The largest absolute Gasteiger partial charge is 0.464 e. The third-order valence-corrected chi connectivity index (χ3v) is 4.09. The molecule has 0 unspecified atom stereocenters. The summed E-state index contributed by atoms with van der Waals surface area (Å²) in [5.41, 5.74) is 0.102. The van der Waals surface area contributed by atoms with Gasteiger partial charge in [-0.3, -0.25) is 0 Å². The van der Waals surface area contributed by atoms with Crippen LogP contribution in [0.2, 0.25) is 0 Å². The quantitative estimate of drug-likeness (QED) is 0.769. The van der Waals surface area contributed by atoms with Crippen LogP contribution < -0.4 is 0 Å². The smallest absolute Gasteiger partial charge is 0.343 e. The van der Waals surface area contributed by atoms with Gasteiger partial charge >= 0.3 is 5.97 Å². The maximum atomic E-state index is 12.3. The fourth-order valence-corrected chi connectivity index (χ4v) is 3.31. The van der Waals surface area contributed by atoms with Crippen LogP contribution in [-0.2, 0) is 19.9 Å². The Morgan fingerprint density at radius 2 is 2.17 bits per heavy atom. The highest BCUT2D eigenvalue weighted by atomic mass is 16.6. The van der Waals surface area contributed by atoms with E-state index in [1.165, 1.54) is 0 Å². The van der Waals surface area contributed by atoms with E-state index in [2.05, 4.69) is 0 Å². The van der Waals surface area contributed by atoms with Crippen LogP contribution in [0, 0.1) is 5.92 Å². The van der Waals surface area contributed by atoms with Crippen LogP contribution in [0.1, 0.15) is 31.7 Å². The molecule has 3 nitrogen and oxygen atoms in total. The Bertz CT molecular complexity index is 442. The van der Waals surface area contributed by atoms with Crippen molar-refractivity contribution in [2.75, 3.05) is 6.61 Å². The predicted octanol–water partition coefficient (Wildman–Crippen LogP) is 2.64. The summed E-state index contributed by atoms with van der Waals surface area (Å²) >= 11 is 0. The number of carbonyl (C=O) groups is 1. The summed E-state index contributed by atoms with van der Waals surface area (Å²) in [6.07, 6.45) is 3.51. The summed E-state index contributed by atoms with van der Waals surface area (Å²) in [6, 6.07) is 9.77. The van der Waals surface area contributed by atoms with Crippen molar-refractivity contribution in [3.05, 3.63) is 35.9 Å². The molecule has 1 aliphatic heterocycles. The number of carbonyl (C=O) groups excluding carboxylic acids is 1. The molecule has 3 atom stereocenters. The molecule has 2 aliphatic rings. The molecule has 1 aromatic carbocycles. The van der Waals surface area contributed by atoms with Gasteiger partial charge in [-0.25, -0.2) is 4.79 Å². The molecule has 1 saturated heterocycles. The van der Waals surface area contributed by atoms with Crippen molar-refractivity contribution in [2.24, 2.45) is 5.92 Å². The Balaban J connectivity index is 1.97. The predicted molar refractivity (Wildman–Crippen MR) is 67.0 cm³/mol. The van der Waals surface area contributed by atoms with Crippen molar-refractivity contribution in [1.82, 2.24) is 0 Å². The monoisotopic (exact) mass is 246 g/mol. The van der Waals surface area contributed by atoms with Gasteiger partial charge in [0, 0.05) is 5.92 Å². The highest BCUT2D eigenvalue weighted by molar-refractivity contribution is 5.83. The van der Waals surface area contributed by atoms with Gasteiger partial charge in [-0.15, -0.1) is 0 Å². The average Bonchev–Trinajstić information content (AvgIpc) is 2.74. The standard InChI is InChI=1S/C15H18O3/c1-2-17-14(16)15(11-7-4-3-5-8-11)12-9-6-10-13(12)18-15/h3-5,7-8,12-13H,2,6,9-10H2,1H3/t12-,13+,15+/m1/s1. The second-order valence-corrected chi connectivity index (χ2v) is 5.02. The first-order valence-electron chi connectivity index (χ1n) is 6.69. The van der Waals surface area contributed by atoms with E-state index in [9.17, 15) is 4.79 Å². The highest BCUT2D eigenvalue weighted by Crippen LogP contribution is 2.55. The topological polar surface area (TPSA) is 35.5 Å². The van der Waals surface area contributed by atoms with Crippen LogP contribution in [0.25, 0.3) is 0 Å². The van der Waals surface area contributed by atoms with Crippen molar-refractivity contribution < 1.29 is 14.3 Å². The van der Waals surface area contributed by atoms with E-state index in [4.69, 9.17) is 9.47 Å². The van der Waals surface area contributed by atoms with Crippen molar-refractivity contribution in [3.63, 3.8) is 0 Å². The third kappa shape index (κ3) is 1.50. The van der Waals surface area contributed by atoms with Crippen molar-refractivity contribution in [1.29, 1.82) is 0 Å². The number of benzene rings is 1. The van der Waals surface area contributed by atoms with Crippen molar-refractivity contribution >= 4 is 5.97 Å². The summed E-state index contributed by atoms with van der Waals surface area (Å²) in [7, 11) is 0. The Kier molecular flexibility index (Phi) is 2.86. The van der Waals surface area contributed by atoms with Crippen LogP contribution in [0.5, 0.6) is 0 Å². The van der Waals surface area contributed by atoms with E-state index < -0.39 is 5.60 Å². The van der Waals surface area contributed by atoms with E-state index in [1.807, 2.05) is 37.3 Å². The van der Waals surface area contributed by atoms with E-state index >= 15 is 0 Å². The molecule has 3 heteroatoms. The minimum atomic E-state index is -0.835. The molecule has 0 radical (unpaired) electrons. The van der Waals surface area contributed by atoms with Gasteiger partial charge in [0.25, 0.3) is 0 Å². The van der Waals surface area contributed by atoms with E-state index in [0.29, 0.717) is 12.5 Å². The van der Waals surface area contributed by atoms with Gasteiger partial charge in [0.15, 0.2) is 5.60 Å². The number of rotatable bonds is 3. The minimum Gasteiger partial charge on any atom is -0.464 e. The van der Waals surface area contributed by atoms with Gasteiger partial charge in [-0.2, -0.15) is 0 Å². The summed E-state index contributed by atoms with van der Waals surface area (Å²) < 4.78 is 11.2. The van der Waals surface area contributed by atoms with Gasteiger partial charge in [0.2, 0.25) is 0 Å². The molecule has 0 bridgehead atoms. The zero-order valence-corrected chi connectivity index (χ0v) is 10.6. The van der Waals surface area contributed by atoms with Crippen LogP contribution in [0.4, 0.5) is 0 Å². The molecule has 2 fully saturated rings. The maximum Gasteiger partial charge on any atom is 0.343 e. The maximum absolute atomic E-state index is 12.3. The van der Waals surface area contributed by atoms with Gasteiger partial charge in [0.05, 0.1) is 12.7 Å². The molecule has 18 heavy (non-hydrogen) atoms. The summed E-state index contributed by atoms with van der Waals surface area (Å²) in [6.45, 7) is 2.23. The molecule has 0 amide bonds. The molecule has 1 aliphatic carbocycles. The number of ether oxygens (including phenoxy) is 2. The van der Waals surface area contributed by atoms with Gasteiger partial charge < -0.3 is 9.47 Å². The van der Waals surface area contributed by atoms with E-state index in [0.717, 1.165) is 24.8 Å². The van der Waals surface area contributed by atoms with Crippen LogP contribution >= 0.6 is 0 Å². The summed E-state index contributed by atoms with van der Waals surface area (Å²) in [5, 5.41) is 0. The third-order valence-electron chi connectivity index (χ3n) is 4.09. The van der Waals surface area contributed by atoms with Crippen LogP contribution in [0.3, 0.4) is 0 Å². The summed E-state index contributed by atoms with van der Waals surface area (Å²) in [5.74, 6) is 0.0679. The lowest BCUT2D eigenvalue weighted by molar-refractivity contribution is -0.261. The van der Waals surface area contributed by atoms with Crippen LogP contribution in [-0.4, -0.2) is 18.7 Å². The second kappa shape index (κ2) is 4.39. The molecule has 96 valence electrons. The van der Waals surface area contributed by atoms with Gasteiger partial charge in [-0.1, -0.05) is 36.8 Å². The normalized spacial score (nSPS) is 33.6. The molecular weight excluding hydrogens is 228 g/mol. The molecule has 0 aromatic heterocycles. The lowest BCUT2D eigenvalue weighted by atomic mass is 9.73. The Hall–Kier alpha value is -1.35. The number of esters is 1. The number of hydrogen-bond acceptors (Lipinski definition) is 3. The van der Waals surface area contributed by atoms with Crippen LogP contribution in [0.15, 0.2) is 30.3 Å². The second-order valence-electron chi connectivity index (χ2n) is 5.02. The number of fused-ring (bicyclic) bond motifs is 1. The first-order chi connectivity index (χ1) is 8.79. The molecular formula is C15H18O3. The fraction of sp³-hybridized carbons (Fsp3) is 0.533. The lowest BCUT2D eigenvalue weighted by Crippen LogP contribution is -2.60. The van der Waals surface area contributed by atoms with Gasteiger partial charge in [0.1, 0.15) is 0 Å². The van der Waals surface area contributed by atoms with E-state index in [-0.39, 0.29) is 12.1 Å². The van der Waals surface area contributed by atoms with Gasteiger partial charge in [-0.05, 0) is 25.3 Å². The fourth-order valence-electron chi connectivity index (χ4n) is 3.31. The highest BCUT2D eigenvalue weighted by Gasteiger charge is 2.63. The Labute approximate surface area is 107 Å². The number of hydrogen-bond donors (Lipinski definition) is 0. The molecule has 3 rings (SSSR count). The minimum absolute atomic E-state index is 0.223. The first kappa shape index (κ1) is 11.7. The Morgan fingerprint density at radius 1 is 1.39 bits per heavy atom. The molecule has 0 N–H and O–H groups in total. The zero-order chi connectivity index (χ0) is 12.6. The average molecular weight is 246 g/mol. The molecule has 1 aromatic rings. The summed E-state index contributed by atoms with van der Waals surface area (Å²) in [4.78, 5) is 12.3. The molecule has 1 heterocycles. The van der Waals surface area contributed by atoms with Crippen molar-refractivity contribution in [3.8, 4) is 0 Å². The Morgan fingerprint density at radius 3 is 2.83 bits per heavy atom. The lowest BCUT2D eigenvalue weighted by Gasteiger charge is -2.50. The first-order valence-corrected chi connectivity index (χ1v) is 6.69. The molecule has 0 spiro atoms. The SMILES string of the molecule is CCOC(=O)[C@@]1(c2ccccc2)O[C@H]2CCC[C@H]21. The van der Waals surface area contributed by atoms with Crippen molar-refractivity contribution in [2.45, 2.75) is 37.9 Å². The molecule has 1 saturated carbocycles.